The molecule has 0 aliphatic heterocycles. The van der Waals surface area contributed by atoms with Crippen molar-refractivity contribution in [3.8, 4) is 5.75 Å². The van der Waals surface area contributed by atoms with Crippen LogP contribution < -0.4 is 15.8 Å². The molecule has 1 aromatic heterocycles. The molecule has 0 aliphatic rings. The summed E-state index contributed by atoms with van der Waals surface area (Å²) >= 11 is 4.77. The van der Waals surface area contributed by atoms with E-state index >= 15 is 0 Å². The first-order valence-electron chi connectivity index (χ1n) is 6.47. The van der Waals surface area contributed by atoms with Gasteiger partial charge < -0.3 is 20.2 Å². The highest BCUT2D eigenvalue weighted by atomic mass is 32.1. The number of nitrogens with one attached hydrogen (secondary N) is 1. The van der Waals surface area contributed by atoms with Gasteiger partial charge >= 0.3 is 0 Å². The predicted octanol–water partition coefficient (Wildman–Crippen LogP) is 2.52. The Labute approximate surface area is 128 Å². The van der Waals surface area contributed by atoms with Crippen LogP contribution in [0, 0.1) is 0 Å². The second kappa shape index (κ2) is 7.44. The third-order valence-corrected chi connectivity index (χ3v) is 2.83. The summed E-state index contributed by atoms with van der Waals surface area (Å²) in [6, 6.07) is 10.8. The van der Waals surface area contributed by atoms with Gasteiger partial charge in [-0.05, 0) is 24.3 Å². The number of benzene rings is 1. The number of carbonyl (C=O) groups is 1. The second-order valence-corrected chi connectivity index (χ2v) is 4.90. The quantitative estimate of drug-likeness (QED) is 0.769. The number of para-hydroxylation sites is 2. The zero-order valence-electron chi connectivity index (χ0n) is 11.4. The van der Waals surface area contributed by atoms with Crippen LogP contribution in [0.2, 0.25) is 0 Å². The van der Waals surface area contributed by atoms with Gasteiger partial charge in [-0.15, -0.1) is 0 Å². The van der Waals surface area contributed by atoms with Crippen molar-refractivity contribution in [2.24, 2.45) is 5.73 Å². The van der Waals surface area contributed by atoms with Crippen LogP contribution >= 0.6 is 12.2 Å². The number of carbonyl (C=O) groups excluding carboxylic acids is 1. The molecule has 2 rings (SSSR count). The van der Waals surface area contributed by atoms with Gasteiger partial charge in [0, 0.05) is 12.8 Å². The summed E-state index contributed by atoms with van der Waals surface area (Å²) in [4.78, 5) is 12.2. The highest BCUT2D eigenvalue weighted by molar-refractivity contribution is 7.80. The minimum atomic E-state index is -0.113. The lowest BCUT2D eigenvalue weighted by atomic mass is 10.2. The number of nitrogens with two attached hydrogens (primary N) is 1. The normalized spacial score (nSPS) is 10.1. The zero-order valence-corrected chi connectivity index (χ0v) is 12.2. The number of aryl methyl sites for hydroxylation is 1. The van der Waals surface area contributed by atoms with Gasteiger partial charge in [0.25, 0.3) is 0 Å². The highest BCUT2D eigenvalue weighted by Gasteiger charge is 2.09. The number of hydrogen-bond donors (Lipinski definition) is 2. The lowest BCUT2D eigenvalue weighted by Crippen LogP contribution is -2.19. The molecule has 21 heavy (non-hydrogen) atoms. The first-order chi connectivity index (χ1) is 10.1. The molecule has 2 aromatic rings. The van der Waals surface area contributed by atoms with E-state index in [-0.39, 0.29) is 17.5 Å². The Morgan fingerprint density at radius 2 is 2.10 bits per heavy atom. The van der Waals surface area contributed by atoms with Crippen LogP contribution in [-0.2, 0) is 11.2 Å². The van der Waals surface area contributed by atoms with Gasteiger partial charge in [0.05, 0.1) is 12.0 Å². The molecular formula is C15H16N2O3S. The molecule has 0 radical (unpaired) electrons. The Balaban J connectivity index is 1.92. The van der Waals surface area contributed by atoms with Crippen molar-refractivity contribution >= 4 is 28.8 Å². The van der Waals surface area contributed by atoms with Crippen LogP contribution in [0.25, 0.3) is 0 Å². The molecule has 0 aliphatic carbocycles. The third kappa shape index (κ3) is 4.92. The first kappa shape index (κ1) is 15.1. The van der Waals surface area contributed by atoms with E-state index in [9.17, 15) is 4.79 Å². The first-order valence-corrected chi connectivity index (χ1v) is 6.88. The molecule has 1 aromatic carbocycles. The number of anilines is 1. The van der Waals surface area contributed by atoms with Gasteiger partial charge in [0.1, 0.15) is 23.1 Å². The number of amides is 1. The minimum Gasteiger partial charge on any atom is -0.484 e. The molecule has 0 bridgehead atoms. The van der Waals surface area contributed by atoms with Gasteiger partial charge in [0.15, 0.2) is 0 Å². The third-order valence-electron chi connectivity index (χ3n) is 2.71. The van der Waals surface area contributed by atoms with Crippen LogP contribution in [0.1, 0.15) is 12.2 Å². The van der Waals surface area contributed by atoms with Crippen LogP contribution in [0.5, 0.6) is 5.75 Å². The fourth-order valence-electron chi connectivity index (χ4n) is 1.75. The van der Waals surface area contributed by atoms with E-state index in [0.717, 1.165) is 5.76 Å². The van der Waals surface area contributed by atoms with E-state index in [4.69, 9.17) is 27.1 Å². The largest absolute Gasteiger partial charge is 0.484 e. The van der Waals surface area contributed by atoms with Crippen molar-refractivity contribution < 1.29 is 13.9 Å². The highest BCUT2D eigenvalue weighted by Crippen LogP contribution is 2.23. The van der Waals surface area contributed by atoms with E-state index in [2.05, 4.69) is 5.32 Å². The summed E-state index contributed by atoms with van der Waals surface area (Å²) in [5.41, 5.74) is 6.00. The summed E-state index contributed by atoms with van der Waals surface area (Å²) in [5.74, 6) is 1.21. The number of hydrogen-bond acceptors (Lipinski definition) is 4. The Hall–Kier alpha value is -2.34. The average molecular weight is 304 g/mol. The van der Waals surface area contributed by atoms with Gasteiger partial charge in [0.2, 0.25) is 5.91 Å². The molecule has 1 amide bonds. The minimum absolute atomic E-state index is 0.113. The topological polar surface area (TPSA) is 77.5 Å². The summed E-state index contributed by atoms with van der Waals surface area (Å²) in [7, 11) is 0. The Kier molecular flexibility index (Phi) is 5.34. The number of rotatable bonds is 7. The molecule has 110 valence electrons. The molecule has 0 spiro atoms. The summed E-state index contributed by atoms with van der Waals surface area (Å²) < 4.78 is 10.6. The van der Waals surface area contributed by atoms with Crippen LogP contribution in [0.3, 0.4) is 0 Å². The summed E-state index contributed by atoms with van der Waals surface area (Å²) in [5, 5.41) is 2.81. The maximum absolute atomic E-state index is 11.9. The van der Waals surface area contributed by atoms with Crippen molar-refractivity contribution in [2.45, 2.75) is 12.8 Å². The van der Waals surface area contributed by atoms with E-state index in [0.29, 0.717) is 24.3 Å². The second-order valence-electron chi connectivity index (χ2n) is 4.38. The number of ether oxygens (including phenoxy) is 1. The maximum Gasteiger partial charge on any atom is 0.224 e. The van der Waals surface area contributed by atoms with Crippen LogP contribution in [0.15, 0.2) is 47.1 Å². The molecule has 6 heteroatoms. The van der Waals surface area contributed by atoms with Crippen molar-refractivity contribution in [1.29, 1.82) is 0 Å². The van der Waals surface area contributed by atoms with Gasteiger partial charge in [-0.1, -0.05) is 24.4 Å². The van der Waals surface area contributed by atoms with Gasteiger partial charge in [-0.2, -0.15) is 0 Å². The average Bonchev–Trinajstić information content (AvgIpc) is 2.97. The number of furan rings is 1. The fourth-order valence-corrected chi connectivity index (χ4v) is 1.81. The van der Waals surface area contributed by atoms with Gasteiger partial charge in [-0.25, -0.2) is 0 Å². The monoisotopic (exact) mass is 304 g/mol. The fraction of sp³-hybridized carbons (Fsp3) is 0.200. The zero-order chi connectivity index (χ0) is 15.1. The standard InChI is InChI=1S/C15H16N2O3S/c16-14(21)10-20-13-6-2-1-5-12(13)17-15(18)8-7-11-4-3-9-19-11/h1-6,9H,7-8,10H2,(H2,16,21)(H,17,18). The van der Waals surface area contributed by atoms with E-state index < -0.39 is 0 Å². The molecule has 1 heterocycles. The smallest absolute Gasteiger partial charge is 0.224 e. The van der Waals surface area contributed by atoms with E-state index in [1.54, 1.807) is 24.5 Å². The van der Waals surface area contributed by atoms with Crippen molar-refractivity contribution in [3.63, 3.8) is 0 Å². The summed E-state index contributed by atoms with van der Waals surface area (Å²) in [6.45, 7) is 0.134. The van der Waals surface area contributed by atoms with Gasteiger partial charge in [-0.3, -0.25) is 4.79 Å². The molecular weight excluding hydrogens is 288 g/mol. The lowest BCUT2D eigenvalue weighted by Gasteiger charge is -2.11. The molecule has 5 nitrogen and oxygen atoms in total. The van der Waals surface area contributed by atoms with Crippen molar-refractivity contribution in [2.75, 3.05) is 11.9 Å². The maximum atomic E-state index is 11.9. The Morgan fingerprint density at radius 3 is 2.81 bits per heavy atom. The molecule has 0 fully saturated rings. The van der Waals surface area contributed by atoms with E-state index in [1.807, 2.05) is 18.2 Å². The molecule has 3 N–H and O–H groups in total. The summed E-state index contributed by atoms with van der Waals surface area (Å²) in [6.07, 6.45) is 2.47. The lowest BCUT2D eigenvalue weighted by molar-refractivity contribution is -0.116. The van der Waals surface area contributed by atoms with Crippen molar-refractivity contribution in [1.82, 2.24) is 0 Å². The predicted molar refractivity (Wildman–Crippen MR) is 84.4 cm³/mol. The molecule has 0 saturated carbocycles. The Morgan fingerprint density at radius 1 is 1.29 bits per heavy atom. The van der Waals surface area contributed by atoms with E-state index in [1.165, 1.54) is 0 Å². The van der Waals surface area contributed by atoms with Crippen LogP contribution in [0.4, 0.5) is 5.69 Å². The number of thiocarbonyl (C=S) groups is 1. The van der Waals surface area contributed by atoms with Crippen LogP contribution in [-0.4, -0.2) is 17.5 Å². The Bertz CT molecular complexity index is 611. The SMILES string of the molecule is NC(=S)COc1ccccc1NC(=O)CCc1ccco1. The molecule has 0 saturated heterocycles. The molecule has 0 atom stereocenters. The van der Waals surface area contributed by atoms with Crippen molar-refractivity contribution in [3.05, 3.63) is 48.4 Å². The molecule has 0 unspecified atom stereocenters.